The predicted octanol–water partition coefficient (Wildman–Crippen LogP) is 4.02. The van der Waals surface area contributed by atoms with Crippen LogP contribution >= 0.6 is 0 Å². The highest BCUT2D eigenvalue weighted by Crippen LogP contribution is 2.36. The van der Waals surface area contributed by atoms with Crippen LogP contribution in [0.15, 0.2) is 29.4 Å². The maximum atomic E-state index is 12.1. The van der Waals surface area contributed by atoms with Crippen LogP contribution in [0.3, 0.4) is 0 Å². The quantitative estimate of drug-likeness (QED) is 0.854. The van der Waals surface area contributed by atoms with Crippen LogP contribution in [0.4, 0.5) is 0 Å². The first-order valence-electron chi connectivity index (χ1n) is 7.98. The van der Waals surface area contributed by atoms with E-state index in [1.807, 2.05) is 6.92 Å². The van der Waals surface area contributed by atoms with Crippen molar-refractivity contribution in [3.63, 3.8) is 0 Å². The van der Waals surface area contributed by atoms with Crippen molar-refractivity contribution in [3.8, 4) is 5.75 Å². The Bertz CT molecular complexity index is 547. The maximum absolute atomic E-state index is 12.1. The molecule has 22 heavy (non-hydrogen) atoms. The summed E-state index contributed by atoms with van der Waals surface area (Å²) in [6.07, 6.45) is 3.12. The van der Waals surface area contributed by atoms with E-state index >= 15 is 0 Å². The molecule has 1 fully saturated rings. The van der Waals surface area contributed by atoms with E-state index in [9.17, 15) is 4.79 Å². The van der Waals surface area contributed by atoms with Crippen LogP contribution in [-0.4, -0.2) is 18.2 Å². The van der Waals surface area contributed by atoms with Crippen LogP contribution in [-0.2, 0) is 0 Å². The fourth-order valence-corrected chi connectivity index (χ4v) is 3.26. The molecule has 1 amide bonds. The maximum Gasteiger partial charge on any atom is 0.271 e. The van der Waals surface area contributed by atoms with Crippen molar-refractivity contribution in [2.24, 2.45) is 16.4 Å². The summed E-state index contributed by atoms with van der Waals surface area (Å²) in [5.41, 5.74) is 4.63. The molecule has 1 aliphatic carbocycles. The Morgan fingerprint density at radius 1 is 1.36 bits per heavy atom. The molecular weight excluding hydrogens is 276 g/mol. The van der Waals surface area contributed by atoms with Crippen LogP contribution in [0.1, 0.15) is 57.3 Å². The first-order valence-corrected chi connectivity index (χ1v) is 7.98. The number of hydrogen-bond acceptors (Lipinski definition) is 3. The Morgan fingerprint density at radius 2 is 2.05 bits per heavy atom. The molecule has 1 N–H and O–H groups in total. The molecule has 1 aromatic carbocycles. The third kappa shape index (κ3) is 4.58. The highest BCUT2D eigenvalue weighted by Gasteiger charge is 2.29. The number of nitrogens with one attached hydrogen (secondary N) is 1. The summed E-state index contributed by atoms with van der Waals surface area (Å²) in [5, 5.41) is 4.35. The lowest BCUT2D eigenvalue weighted by atomic mass is 9.72. The summed E-state index contributed by atoms with van der Waals surface area (Å²) in [6.45, 7) is 9.31. The highest BCUT2D eigenvalue weighted by molar-refractivity contribution is 5.95. The van der Waals surface area contributed by atoms with E-state index in [4.69, 9.17) is 4.74 Å². The molecule has 0 unspecified atom stereocenters. The molecule has 1 aliphatic rings. The number of carbonyl (C=O) groups is 1. The molecule has 0 radical (unpaired) electrons. The van der Waals surface area contributed by atoms with Gasteiger partial charge < -0.3 is 4.74 Å². The van der Waals surface area contributed by atoms with Crippen molar-refractivity contribution in [3.05, 3.63) is 29.8 Å². The average molecular weight is 302 g/mol. The number of ether oxygens (including phenoxy) is 1. The Kier molecular flexibility index (Phi) is 5.22. The van der Waals surface area contributed by atoms with Gasteiger partial charge in [-0.15, -0.1) is 0 Å². The minimum absolute atomic E-state index is 0.174. The summed E-state index contributed by atoms with van der Waals surface area (Å²) < 4.78 is 5.37. The van der Waals surface area contributed by atoms with E-state index in [1.165, 1.54) is 6.42 Å². The SMILES string of the molecule is CCOc1ccc(C(=O)N/N=C2/C[C@H](C)CC(C)(C)C2)cc1. The fourth-order valence-electron chi connectivity index (χ4n) is 3.26. The number of hydrogen-bond donors (Lipinski definition) is 1. The monoisotopic (exact) mass is 302 g/mol. The lowest BCUT2D eigenvalue weighted by Crippen LogP contribution is -2.30. The molecule has 0 aliphatic heterocycles. The van der Waals surface area contributed by atoms with Gasteiger partial charge in [0.25, 0.3) is 5.91 Å². The summed E-state index contributed by atoms with van der Waals surface area (Å²) in [5.74, 6) is 1.21. The summed E-state index contributed by atoms with van der Waals surface area (Å²) in [4.78, 5) is 12.1. The standard InChI is InChI=1S/C18H26N2O2/c1-5-22-16-8-6-14(7-9-16)17(21)20-19-15-10-13(2)11-18(3,4)12-15/h6-9,13H,5,10-12H2,1-4H3,(H,20,21)/b19-15-/t13-/m0/s1. The van der Waals surface area contributed by atoms with Gasteiger partial charge in [-0.05, 0) is 61.8 Å². The topological polar surface area (TPSA) is 50.7 Å². The summed E-state index contributed by atoms with van der Waals surface area (Å²) >= 11 is 0. The molecule has 0 aromatic heterocycles. The lowest BCUT2D eigenvalue weighted by molar-refractivity contribution is 0.0954. The summed E-state index contributed by atoms with van der Waals surface area (Å²) in [6, 6.07) is 7.12. The Hall–Kier alpha value is -1.84. The van der Waals surface area contributed by atoms with E-state index in [0.717, 1.165) is 24.3 Å². The second kappa shape index (κ2) is 6.95. The predicted molar refractivity (Wildman–Crippen MR) is 89.3 cm³/mol. The van der Waals surface area contributed by atoms with Gasteiger partial charge in [-0.2, -0.15) is 5.10 Å². The zero-order valence-electron chi connectivity index (χ0n) is 14.0. The lowest BCUT2D eigenvalue weighted by Gasteiger charge is -2.34. The van der Waals surface area contributed by atoms with Crippen molar-refractivity contribution < 1.29 is 9.53 Å². The third-order valence-electron chi connectivity index (χ3n) is 3.91. The molecule has 0 bridgehead atoms. The van der Waals surface area contributed by atoms with Crippen LogP contribution in [0.25, 0.3) is 0 Å². The van der Waals surface area contributed by atoms with Gasteiger partial charge in [0.2, 0.25) is 0 Å². The van der Waals surface area contributed by atoms with Crippen molar-refractivity contribution in [2.45, 2.75) is 47.0 Å². The van der Waals surface area contributed by atoms with Gasteiger partial charge >= 0.3 is 0 Å². The van der Waals surface area contributed by atoms with E-state index < -0.39 is 0 Å². The molecule has 1 aromatic rings. The van der Waals surface area contributed by atoms with Crippen LogP contribution in [0.5, 0.6) is 5.75 Å². The average Bonchev–Trinajstić information content (AvgIpc) is 2.44. The second-order valence-electron chi connectivity index (χ2n) is 6.93. The number of nitrogens with zero attached hydrogens (tertiary/aromatic N) is 1. The minimum atomic E-state index is -0.174. The van der Waals surface area contributed by atoms with Crippen LogP contribution in [0.2, 0.25) is 0 Å². The first-order chi connectivity index (χ1) is 10.4. The van der Waals surface area contributed by atoms with Gasteiger partial charge in [0.05, 0.1) is 6.61 Å². The van der Waals surface area contributed by atoms with Crippen LogP contribution in [0, 0.1) is 11.3 Å². The van der Waals surface area contributed by atoms with Gasteiger partial charge in [0.1, 0.15) is 5.75 Å². The Labute approximate surface area is 132 Å². The number of rotatable bonds is 4. The van der Waals surface area contributed by atoms with Gasteiger partial charge in [0, 0.05) is 11.3 Å². The molecule has 4 heteroatoms. The normalized spacial score (nSPS) is 22.4. The van der Waals surface area contributed by atoms with Crippen molar-refractivity contribution >= 4 is 11.6 Å². The zero-order chi connectivity index (χ0) is 16.2. The van der Waals surface area contributed by atoms with Gasteiger partial charge in [0.15, 0.2) is 0 Å². The number of benzene rings is 1. The Balaban J connectivity index is 1.98. The molecule has 1 atom stereocenters. The number of hydrazone groups is 1. The van der Waals surface area contributed by atoms with E-state index in [1.54, 1.807) is 24.3 Å². The zero-order valence-corrected chi connectivity index (χ0v) is 14.0. The molecule has 120 valence electrons. The van der Waals surface area contributed by atoms with E-state index in [0.29, 0.717) is 18.1 Å². The summed E-state index contributed by atoms with van der Waals surface area (Å²) in [7, 11) is 0. The highest BCUT2D eigenvalue weighted by atomic mass is 16.5. The molecule has 0 heterocycles. The van der Waals surface area contributed by atoms with Crippen LogP contribution < -0.4 is 10.2 Å². The first kappa shape index (κ1) is 16.5. The molecule has 4 nitrogen and oxygen atoms in total. The van der Waals surface area contributed by atoms with Crippen molar-refractivity contribution in [1.82, 2.24) is 5.43 Å². The fraction of sp³-hybridized carbons (Fsp3) is 0.556. The molecule has 0 spiro atoms. The number of amides is 1. The smallest absolute Gasteiger partial charge is 0.271 e. The molecule has 1 saturated carbocycles. The Morgan fingerprint density at radius 3 is 2.64 bits per heavy atom. The van der Waals surface area contributed by atoms with Gasteiger partial charge in [-0.25, -0.2) is 5.43 Å². The van der Waals surface area contributed by atoms with Gasteiger partial charge in [-0.1, -0.05) is 20.8 Å². The molecule has 0 saturated heterocycles. The van der Waals surface area contributed by atoms with Crippen molar-refractivity contribution in [2.75, 3.05) is 6.61 Å². The molecule has 2 rings (SSSR count). The number of carbonyl (C=O) groups excluding carboxylic acids is 1. The largest absolute Gasteiger partial charge is 0.494 e. The van der Waals surface area contributed by atoms with E-state index in [2.05, 4.69) is 31.3 Å². The third-order valence-corrected chi connectivity index (χ3v) is 3.91. The van der Waals surface area contributed by atoms with Gasteiger partial charge in [-0.3, -0.25) is 4.79 Å². The van der Waals surface area contributed by atoms with Crippen molar-refractivity contribution in [1.29, 1.82) is 0 Å². The second-order valence-corrected chi connectivity index (χ2v) is 6.93. The minimum Gasteiger partial charge on any atom is -0.494 e. The van der Waals surface area contributed by atoms with E-state index in [-0.39, 0.29) is 11.3 Å². The molecular formula is C18H26N2O2.